The lowest BCUT2D eigenvalue weighted by molar-refractivity contribution is 0.983. The molecule has 0 amide bonds. The van der Waals surface area contributed by atoms with Crippen LogP contribution in [-0.4, -0.2) is 14.6 Å². The van der Waals surface area contributed by atoms with Gasteiger partial charge < -0.3 is 0 Å². The van der Waals surface area contributed by atoms with Gasteiger partial charge in [0.05, 0.1) is 22.2 Å². The summed E-state index contributed by atoms with van der Waals surface area (Å²) in [6.45, 7) is 0. The Kier molecular flexibility index (Phi) is 4.48. The third kappa shape index (κ3) is 3.11. The standard InChI is InChI=1S/C36H21N3S/c1-4-10-30-25(7-1)27-18-19-28-26-8-3-6-12-33(26)40-36(28)34(27)35(37-30)23-15-13-22(14-16-23)24-17-20-32-29-9-2-5-11-31(29)38-39(32)21-24/h1-21H. The molecule has 4 heterocycles. The first-order valence-corrected chi connectivity index (χ1v) is 14.2. The molecule has 9 rings (SSSR count). The van der Waals surface area contributed by atoms with Gasteiger partial charge in [0, 0.05) is 53.7 Å². The minimum atomic E-state index is 1.01. The van der Waals surface area contributed by atoms with Crippen molar-refractivity contribution in [2.24, 2.45) is 0 Å². The lowest BCUT2D eigenvalue weighted by Crippen LogP contribution is -1.91. The van der Waals surface area contributed by atoms with Gasteiger partial charge >= 0.3 is 0 Å². The molecule has 0 aliphatic heterocycles. The number of fused-ring (bicyclic) bond motifs is 10. The number of hydrogen-bond acceptors (Lipinski definition) is 3. The normalized spacial score (nSPS) is 12.0. The zero-order valence-electron chi connectivity index (χ0n) is 21.4. The van der Waals surface area contributed by atoms with Crippen LogP contribution in [0.2, 0.25) is 0 Å². The minimum Gasteiger partial charge on any atom is -0.247 e. The van der Waals surface area contributed by atoms with Crippen LogP contribution < -0.4 is 0 Å². The van der Waals surface area contributed by atoms with Gasteiger partial charge in [0.1, 0.15) is 0 Å². The number of aromatic nitrogens is 3. The fourth-order valence-electron chi connectivity index (χ4n) is 6.10. The quantitative estimate of drug-likeness (QED) is 0.209. The molecule has 0 unspecified atom stereocenters. The van der Waals surface area contributed by atoms with E-state index in [1.54, 1.807) is 0 Å². The van der Waals surface area contributed by atoms with Crippen molar-refractivity contribution >= 4 is 69.6 Å². The van der Waals surface area contributed by atoms with Gasteiger partial charge in [0.15, 0.2) is 0 Å². The van der Waals surface area contributed by atoms with Crippen molar-refractivity contribution < 1.29 is 0 Å². The second kappa shape index (κ2) is 8.22. The van der Waals surface area contributed by atoms with Crippen LogP contribution in [0, 0.1) is 0 Å². The van der Waals surface area contributed by atoms with Crippen LogP contribution in [0.3, 0.4) is 0 Å². The number of benzene rings is 5. The molecule has 0 aliphatic rings. The Balaban J connectivity index is 1.25. The largest absolute Gasteiger partial charge is 0.247 e. The summed E-state index contributed by atoms with van der Waals surface area (Å²) in [5.41, 5.74) is 7.59. The summed E-state index contributed by atoms with van der Waals surface area (Å²) in [6.07, 6.45) is 2.12. The molecule has 3 nitrogen and oxygen atoms in total. The number of hydrogen-bond donors (Lipinski definition) is 0. The predicted octanol–water partition coefficient (Wildman–Crippen LogP) is 9.89. The van der Waals surface area contributed by atoms with Crippen molar-refractivity contribution in [1.29, 1.82) is 0 Å². The lowest BCUT2D eigenvalue weighted by Gasteiger charge is -2.12. The average molecular weight is 528 g/mol. The van der Waals surface area contributed by atoms with Crippen LogP contribution in [-0.2, 0) is 0 Å². The molecule has 0 atom stereocenters. The molecular formula is C36H21N3S. The molecule has 0 fully saturated rings. The van der Waals surface area contributed by atoms with Crippen LogP contribution in [0.25, 0.3) is 80.7 Å². The summed E-state index contributed by atoms with van der Waals surface area (Å²) in [6, 6.07) is 43.2. The number of nitrogens with zero attached hydrogens (tertiary/aromatic N) is 3. The van der Waals surface area contributed by atoms with Gasteiger partial charge in [-0.3, -0.25) is 0 Å². The number of thiophene rings is 1. The molecule has 0 bridgehead atoms. The molecule has 186 valence electrons. The third-order valence-corrected chi connectivity index (χ3v) is 9.23. The van der Waals surface area contributed by atoms with Gasteiger partial charge in [-0.15, -0.1) is 11.3 Å². The van der Waals surface area contributed by atoms with E-state index < -0.39 is 0 Å². The molecule has 0 radical (unpaired) electrons. The zero-order valence-corrected chi connectivity index (χ0v) is 22.2. The van der Waals surface area contributed by atoms with Crippen molar-refractivity contribution in [1.82, 2.24) is 14.6 Å². The highest BCUT2D eigenvalue weighted by molar-refractivity contribution is 7.26. The van der Waals surface area contributed by atoms with Crippen LogP contribution in [0.5, 0.6) is 0 Å². The van der Waals surface area contributed by atoms with Gasteiger partial charge in [-0.2, -0.15) is 5.10 Å². The highest BCUT2D eigenvalue weighted by Gasteiger charge is 2.16. The molecule has 5 aromatic carbocycles. The van der Waals surface area contributed by atoms with E-state index in [4.69, 9.17) is 10.1 Å². The Labute approximate surface area is 233 Å². The monoisotopic (exact) mass is 527 g/mol. The molecule has 0 spiro atoms. The van der Waals surface area contributed by atoms with Crippen molar-refractivity contribution in [3.05, 3.63) is 128 Å². The third-order valence-electron chi connectivity index (χ3n) is 8.03. The highest BCUT2D eigenvalue weighted by Crippen LogP contribution is 2.43. The number of rotatable bonds is 2. The maximum absolute atomic E-state index is 5.25. The van der Waals surface area contributed by atoms with Gasteiger partial charge in [0.25, 0.3) is 0 Å². The second-order valence-electron chi connectivity index (χ2n) is 10.3. The summed E-state index contributed by atoms with van der Waals surface area (Å²) in [7, 11) is 0. The van der Waals surface area contributed by atoms with E-state index in [2.05, 4.69) is 121 Å². The Morgan fingerprint density at radius 1 is 0.500 bits per heavy atom. The summed E-state index contributed by atoms with van der Waals surface area (Å²) in [4.78, 5) is 5.25. The van der Waals surface area contributed by atoms with Crippen LogP contribution in [0.15, 0.2) is 128 Å². The minimum absolute atomic E-state index is 1.01. The van der Waals surface area contributed by atoms with E-state index in [0.29, 0.717) is 0 Å². The predicted molar refractivity (Wildman–Crippen MR) is 169 cm³/mol. The van der Waals surface area contributed by atoms with Crippen molar-refractivity contribution in [2.45, 2.75) is 0 Å². The Hall–Kier alpha value is -5.06. The highest BCUT2D eigenvalue weighted by atomic mass is 32.1. The maximum Gasteiger partial charge on any atom is 0.0933 e. The van der Waals surface area contributed by atoms with Crippen LogP contribution >= 0.6 is 11.3 Å². The molecule has 40 heavy (non-hydrogen) atoms. The lowest BCUT2D eigenvalue weighted by atomic mass is 9.97. The molecular weight excluding hydrogens is 506 g/mol. The first-order chi connectivity index (χ1) is 19.8. The SMILES string of the molecule is c1ccc2c(c1)nc(-c1ccc(-c3ccc4c5ccccc5nn4c3)cc1)c1c2ccc2c3ccccc3sc21. The summed E-state index contributed by atoms with van der Waals surface area (Å²) < 4.78 is 4.60. The van der Waals surface area contributed by atoms with Gasteiger partial charge in [-0.25, -0.2) is 9.50 Å². The molecule has 4 heteroatoms. The van der Waals surface area contributed by atoms with E-state index in [9.17, 15) is 0 Å². The van der Waals surface area contributed by atoms with Gasteiger partial charge in [-0.05, 0) is 35.2 Å². The fourth-order valence-corrected chi connectivity index (χ4v) is 7.35. The maximum atomic E-state index is 5.25. The molecule has 0 saturated heterocycles. The van der Waals surface area contributed by atoms with Gasteiger partial charge in [-0.1, -0.05) is 97.1 Å². The van der Waals surface area contributed by atoms with E-state index >= 15 is 0 Å². The van der Waals surface area contributed by atoms with E-state index in [1.807, 2.05) is 21.9 Å². The average Bonchev–Trinajstić information content (AvgIpc) is 3.58. The second-order valence-corrected chi connectivity index (χ2v) is 11.3. The summed E-state index contributed by atoms with van der Waals surface area (Å²) in [5, 5.41) is 12.2. The van der Waals surface area contributed by atoms with Crippen LogP contribution in [0.4, 0.5) is 0 Å². The van der Waals surface area contributed by atoms with E-state index in [0.717, 1.165) is 38.9 Å². The molecule has 4 aromatic heterocycles. The van der Waals surface area contributed by atoms with Gasteiger partial charge in [0.2, 0.25) is 0 Å². The Morgan fingerprint density at radius 2 is 1.18 bits per heavy atom. The van der Waals surface area contributed by atoms with E-state index in [1.165, 1.54) is 41.7 Å². The molecule has 0 aliphatic carbocycles. The zero-order chi connectivity index (χ0) is 26.2. The Morgan fingerprint density at radius 3 is 2.05 bits per heavy atom. The van der Waals surface area contributed by atoms with Crippen molar-refractivity contribution in [2.75, 3.05) is 0 Å². The summed E-state index contributed by atoms with van der Waals surface area (Å²) >= 11 is 1.86. The summed E-state index contributed by atoms with van der Waals surface area (Å²) in [5.74, 6) is 0. The topological polar surface area (TPSA) is 30.2 Å². The first kappa shape index (κ1) is 21.8. The van der Waals surface area contributed by atoms with Crippen molar-refractivity contribution in [3.8, 4) is 22.4 Å². The smallest absolute Gasteiger partial charge is 0.0933 e. The van der Waals surface area contributed by atoms with Crippen molar-refractivity contribution in [3.63, 3.8) is 0 Å². The molecule has 0 N–H and O–H groups in total. The Bertz CT molecular complexity index is 2430. The van der Waals surface area contributed by atoms with E-state index in [-0.39, 0.29) is 0 Å². The number of pyridine rings is 2. The molecule has 9 aromatic rings. The first-order valence-electron chi connectivity index (χ1n) is 13.4. The molecule has 0 saturated carbocycles. The van der Waals surface area contributed by atoms with Crippen LogP contribution in [0.1, 0.15) is 0 Å². The fraction of sp³-hybridized carbons (Fsp3) is 0. The number of para-hydroxylation sites is 1.